The molecule has 0 spiro atoms. The topological polar surface area (TPSA) is 82.9 Å². The highest BCUT2D eigenvalue weighted by atomic mass is 35.7. The van der Waals surface area contributed by atoms with Gasteiger partial charge in [0.2, 0.25) is 0 Å². The Hall–Kier alpha value is -1.75. The van der Waals surface area contributed by atoms with Crippen molar-refractivity contribution in [3.8, 4) is 0 Å². The summed E-state index contributed by atoms with van der Waals surface area (Å²) in [5.41, 5.74) is 8.78. The van der Waals surface area contributed by atoms with Crippen LogP contribution in [0, 0.1) is 0 Å². The summed E-state index contributed by atoms with van der Waals surface area (Å²) in [7, 11) is 1.52. The van der Waals surface area contributed by atoms with Gasteiger partial charge in [-0.25, -0.2) is 8.42 Å². The molecule has 0 unspecified atom stereocenters. The highest BCUT2D eigenvalue weighted by Crippen LogP contribution is 2.25. The van der Waals surface area contributed by atoms with E-state index >= 15 is 0 Å². The van der Waals surface area contributed by atoms with Gasteiger partial charge in [0.05, 0.1) is 4.90 Å². The van der Waals surface area contributed by atoms with Gasteiger partial charge in [0.1, 0.15) is 0 Å². The smallest absolute Gasteiger partial charge is 0.207 e. The molecule has 5 nitrogen and oxygen atoms in total. The number of benzene rings is 2. The molecular weight excluding hydrogens is 262 g/mol. The van der Waals surface area contributed by atoms with E-state index < -0.39 is 9.05 Å². The second-order valence-electron chi connectivity index (χ2n) is 3.32. The molecule has 2 rings (SSSR count). The molecule has 0 aliphatic heterocycles. The molecular formula is C10H6ClN3O2S. The van der Waals surface area contributed by atoms with Crippen molar-refractivity contribution in [3.63, 3.8) is 0 Å². The van der Waals surface area contributed by atoms with E-state index in [0.717, 1.165) is 5.39 Å². The van der Waals surface area contributed by atoms with E-state index in [-0.39, 0.29) is 4.90 Å². The van der Waals surface area contributed by atoms with Gasteiger partial charge in [-0.2, -0.15) is 0 Å². The summed E-state index contributed by atoms with van der Waals surface area (Å²) in [6.45, 7) is 0. The van der Waals surface area contributed by atoms with Crippen molar-refractivity contribution in [2.45, 2.75) is 4.90 Å². The number of hydrogen-bond donors (Lipinski definition) is 0. The molecule has 0 bridgehead atoms. The number of azide groups is 1. The summed E-state index contributed by atoms with van der Waals surface area (Å²) in [5.74, 6) is 0. The molecule has 0 aliphatic rings. The Labute approximate surface area is 102 Å². The van der Waals surface area contributed by atoms with E-state index in [2.05, 4.69) is 10.0 Å². The van der Waals surface area contributed by atoms with Gasteiger partial charge in [-0.1, -0.05) is 23.3 Å². The summed E-state index contributed by atoms with van der Waals surface area (Å²) < 4.78 is 22.3. The highest BCUT2D eigenvalue weighted by molar-refractivity contribution is 8.13. The molecule has 0 fully saturated rings. The lowest BCUT2D eigenvalue weighted by atomic mass is 10.1. The molecule has 0 radical (unpaired) electrons. The quantitative estimate of drug-likeness (QED) is 0.360. The fourth-order valence-electron chi connectivity index (χ4n) is 1.48. The zero-order chi connectivity index (χ0) is 12.5. The molecule has 17 heavy (non-hydrogen) atoms. The van der Waals surface area contributed by atoms with Crippen molar-refractivity contribution in [2.75, 3.05) is 0 Å². The van der Waals surface area contributed by atoms with Crippen molar-refractivity contribution in [3.05, 3.63) is 46.8 Å². The Balaban J connectivity index is 2.66. The maximum absolute atomic E-state index is 11.1. The Bertz CT molecular complexity index is 736. The predicted octanol–water partition coefficient (Wildman–Crippen LogP) is 3.71. The minimum Gasteiger partial charge on any atom is -0.207 e. The molecule has 2 aromatic rings. The second-order valence-corrected chi connectivity index (χ2v) is 5.89. The largest absolute Gasteiger partial charge is 0.261 e. The molecule has 2 aromatic carbocycles. The van der Waals surface area contributed by atoms with Gasteiger partial charge in [0.15, 0.2) is 0 Å². The van der Waals surface area contributed by atoms with Crippen molar-refractivity contribution >= 4 is 36.2 Å². The summed E-state index contributed by atoms with van der Waals surface area (Å²) in [5, 5.41) is 4.95. The van der Waals surface area contributed by atoms with Gasteiger partial charge in [-0.05, 0) is 34.5 Å². The van der Waals surface area contributed by atoms with Crippen LogP contribution in [-0.4, -0.2) is 8.42 Å². The van der Waals surface area contributed by atoms with Crippen LogP contribution < -0.4 is 0 Å². The fourth-order valence-corrected chi connectivity index (χ4v) is 2.26. The lowest BCUT2D eigenvalue weighted by Crippen LogP contribution is -1.89. The zero-order valence-electron chi connectivity index (χ0n) is 8.41. The third-order valence-corrected chi connectivity index (χ3v) is 3.59. The molecule has 7 heteroatoms. The summed E-state index contributed by atoms with van der Waals surface area (Å²) >= 11 is 0. The first-order valence-electron chi connectivity index (χ1n) is 4.54. The summed E-state index contributed by atoms with van der Waals surface area (Å²) in [6.07, 6.45) is 0. The van der Waals surface area contributed by atoms with E-state index in [9.17, 15) is 8.42 Å². The van der Waals surface area contributed by atoms with Crippen LogP contribution in [0.25, 0.3) is 21.2 Å². The molecule has 0 aliphatic carbocycles. The number of fused-ring (bicyclic) bond motifs is 1. The SMILES string of the molecule is [N-]=[N+]=Nc1ccc2cc(S(=O)(=O)Cl)ccc2c1. The summed E-state index contributed by atoms with van der Waals surface area (Å²) in [6, 6.07) is 9.43. The molecule has 0 amide bonds. The van der Waals surface area contributed by atoms with Crippen LogP contribution in [0.5, 0.6) is 0 Å². The van der Waals surface area contributed by atoms with Gasteiger partial charge in [0.25, 0.3) is 9.05 Å². The zero-order valence-corrected chi connectivity index (χ0v) is 9.98. The molecule has 0 atom stereocenters. The van der Waals surface area contributed by atoms with Crippen LogP contribution >= 0.6 is 10.7 Å². The molecule has 0 aromatic heterocycles. The third kappa shape index (κ3) is 2.50. The summed E-state index contributed by atoms with van der Waals surface area (Å²) in [4.78, 5) is 2.72. The van der Waals surface area contributed by atoms with Crippen LogP contribution in [-0.2, 0) is 9.05 Å². The minimum absolute atomic E-state index is 0.0446. The Kier molecular flexibility index (Phi) is 2.93. The third-order valence-electron chi connectivity index (χ3n) is 2.24. The predicted molar refractivity (Wildman–Crippen MR) is 65.8 cm³/mol. The fraction of sp³-hybridized carbons (Fsp3) is 0. The Morgan fingerprint density at radius 1 is 1.12 bits per heavy atom. The lowest BCUT2D eigenvalue weighted by molar-refractivity contribution is 0.609. The first-order chi connectivity index (χ1) is 8.00. The van der Waals surface area contributed by atoms with Crippen LogP contribution in [0.1, 0.15) is 0 Å². The number of hydrogen-bond acceptors (Lipinski definition) is 3. The highest BCUT2D eigenvalue weighted by Gasteiger charge is 2.09. The average Bonchev–Trinajstić information content (AvgIpc) is 2.27. The van der Waals surface area contributed by atoms with Crippen LogP contribution in [0.2, 0.25) is 0 Å². The van der Waals surface area contributed by atoms with Crippen molar-refractivity contribution in [1.29, 1.82) is 0 Å². The van der Waals surface area contributed by atoms with E-state index in [1.54, 1.807) is 24.3 Å². The lowest BCUT2D eigenvalue weighted by Gasteiger charge is -2.01. The second kappa shape index (κ2) is 4.25. The first-order valence-corrected chi connectivity index (χ1v) is 6.85. The van der Waals surface area contributed by atoms with Crippen LogP contribution in [0.3, 0.4) is 0 Å². The van der Waals surface area contributed by atoms with E-state index in [1.165, 1.54) is 12.1 Å². The number of rotatable bonds is 2. The van der Waals surface area contributed by atoms with Gasteiger partial charge in [-0.15, -0.1) is 0 Å². The van der Waals surface area contributed by atoms with Crippen LogP contribution in [0.4, 0.5) is 5.69 Å². The van der Waals surface area contributed by atoms with Crippen LogP contribution in [0.15, 0.2) is 46.4 Å². The van der Waals surface area contributed by atoms with Gasteiger partial charge in [-0.3, -0.25) is 0 Å². The van der Waals surface area contributed by atoms with E-state index in [1.807, 2.05) is 0 Å². The number of nitrogens with zero attached hydrogens (tertiary/aromatic N) is 3. The first kappa shape index (κ1) is 11.7. The molecule has 0 N–H and O–H groups in total. The van der Waals surface area contributed by atoms with E-state index in [4.69, 9.17) is 16.2 Å². The molecule has 0 saturated heterocycles. The minimum atomic E-state index is -3.72. The Morgan fingerprint density at radius 3 is 2.41 bits per heavy atom. The Morgan fingerprint density at radius 2 is 1.76 bits per heavy atom. The normalized spacial score (nSPS) is 11.1. The number of halogens is 1. The van der Waals surface area contributed by atoms with E-state index in [0.29, 0.717) is 11.1 Å². The van der Waals surface area contributed by atoms with Crippen molar-refractivity contribution < 1.29 is 8.42 Å². The van der Waals surface area contributed by atoms with Gasteiger partial charge in [0, 0.05) is 21.3 Å². The molecule has 0 heterocycles. The van der Waals surface area contributed by atoms with Gasteiger partial charge >= 0.3 is 0 Å². The maximum Gasteiger partial charge on any atom is 0.261 e. The standard InChI is InChI=1S/C10H6ClN3O2S/c11-17(15,16)10-4-2-7-5-9(13-14-12)3-1-8(7)6-10/h1-6H. The van der Waals surface area contributed by atoms with Crippen molar-refractivity contribution in [2.24, 2.45) is 5.11 Å². The van der Waals surface area contributed by atoms with Gasteiger partial charge < -0.3 is 0 Å². The molecule has 86 valence electrons. The molecule has 0 saturated carbocycles. The van der Waals surface area contributed by atoms with Crippen molar-refractivity contribution in [1.82, 2.24) is 0 Å². The monoisotopic (exact) mass is 267 g/mol. The maximum atomic E-state index is 11.1. The average molecular weight is 268 g/mol.